The molecule has 0 aliphatic rings. The summed E-state index contributed by atoms with van der Waals surface area (Å²) < 4.78 is 39.7. The molecule has 0 amide bonds. The molecule has 1 rings (SSSR count). The van der Waals surface area contributed by atoms with Crippen molar-refractivity contribution in [2.75, 3.05) is 5.75 Å². The first-order valence-corrected chi connectivity index (χ1v) is 6.78. The van der Waals surface area contributed by atoms with E-state index in [0.717, 1.165) is 11.8 Å². The molecule has 1 unspecified atom stereocenters. The Kier molecular flexibility index (Phi) is 4.80. The Balaban J connectivity index is 2.41. The van der Waals surface area contributed by atoms with E-state index >= 15 is 0 Å². The van der Waals surface area contributed by atoms with Crippen LogP contribution in [0.15, 0.2) is 10.5 Å². The number of rotatable bonds is 5. The zero-order valence-electron chi connectivity index (χ0n) is 8.15. The van der Waals surface area contributed by atoms with Gasteiger partial charge in [0.15, 0.2) is 4.34 Å². The SMILES string of the molecule is CC(F)(F)C(F)(Cl)CCSc1ncc(Cl)s1. The predicted octanol–water partition coefficient (Wildman–Crippen LogP) is 4.84. The number of aromatic nitrogens is 1. The van der Waals surface area contributed by atoms with E-state index in [1.54, 1.807) is 0 Å². The van der Waals surface area contributed by atoms with Gasteiger partial charge in [-0.25, -0.2) is 18.2 Å². The predicted molar refractivity (Wildman–Crippen MR) is 62.8 cm³/mol. The first-order chi connectivity index (χ1) is 7.22. The molecule has 0 saturated carbocycles. The van der Waals surface area contributed by atoms with Gasteiger partial charge in [0, 0.05) is 19.1 Å². The Morgan fingerprint density at radius 3 is 2.56 bits per heavy atom. The molecule has 0 radical (unpaired) electrons. The lowest BCUT2D eigenvalue weighted by Gasteiger charge is -2.24. The normalized spacial score (nSPS) is 16.1. The average molecular weight is 310 g/mol. The van der Waals surface area contributed by atoms with E-state index in [1.807, 2.05) is 0 Å². The number of alkyl halides is 4. The molecule has 0 spiro atoms. The third-order valence-corrected chi connectivity index (χ3v) is 4.53. The minimum absolute atomic E-state index is 0.118. The van der Waals surface area contributed by atoms with E-state index in [-0.39, 0.29) is 5.75 Å². The fourth-order valence-corrected chi connectivity index (χ4v) is 3.22. The maximum Gasteiger partial charge on any atom is 0.292 e. The minimum atomic E-state index is -3.56. The molecule has 0 aliphatic carbocycles. The monoisotopic (exact) mass is 309 g/mol. The van der Waals surface area contributed by atoms with Gasteiger partial charge in [0.2, 0.25) is 5.13 Å². The Morgan fingerprint density at radius 1 is 1.50 bits per heavy atom. The van der Waals surface area contributed by atoms with Crippen LogP contribution in [0.5, 0.6) is 0 Å². The Bertz CT molecular complexity index is 351. The fourth-order valence-electron chi connectivity index (χ4n) is 0.792. The number of hydrogen-bond acceptors (Lipinski definition) is 3. The zero-order valence-corrected chi connectivity index (χ0v) is 11.3. The molecular weight excluding hydrogens is 302 g/mol. The largest absolute Gasteiger partial charge is 0.292 e. The highest BCUT2D eigenvalue weighted by atomic mass is 35.5. The lowest BCUT2D eigenvalue weighted by atomic mass is 10.2. The molecule has 0 fully saturated rings. The van der Waals surface area contributed by atoms with Crippen LogP contribution in [0, 0.1) is 0 Å². The van der Waals surface area contributed by atoms with Gasteiger partial charge < -0.3 is 0 Å². The van der Waals surface area contributed by atoms with Crippen LogP contribution in [0.25, 0.3) is 0 Å². The molecule has 16 heavy (non-hydrogen) atoms. The van der Waals surface area contributed by atoms with E-state index in [0.29, 0.717) is 15.6 Å². The van der Waals surface area contributed by atoms with Crippen molar-refractivity contribution in [1.29, 1.82) is 0 Å². The molecule has 1 atom stereocenters. The van der Waals surface area contributed by atoms with Crippen LogP contribution in [-0.2, 0) is 0 Å². The summed E-state index contributed by atoms with van der Waals surface area (Å²) in [6, 6.07) is 0. The average Bonchev–Trinajstić information content (AvgIpc) is 2.49. The highest BCUT2D eigenvalue weighted by Gasteiger charge is 2.49. The van der Waals surface area contributed by atoms with Gasteiger partial charge in [-0.2, -0.15) is 0 Å². The Morgan fingerprint density at radius 2 is 2.12 bits per heavy atom. The molecule has 92 valence electrons. The van der Waals surface area contributed by atoms with Gasteiger partial charge in [0.25, 0.3) is 5.92 Å². The van der Waals surface area contributed by atoms with E-state index < -0.39 is 17.5 Å². The van der Waals surface area contributed by atoms with Crippen molar-refractivity contribution in [3.05, 3.63) is 10.5 Å². The lowest BCUT2D eigenvalue weighted by molar-refractivity contribution is -0.0791. The van der Waals surface area contributed by atoms with Crippen molar-refractivity contribution < 1.29 is 13.2 Å². The molecule has 1 aromatic rings. The van der Waals surface area contributed by atoms with Crippen molar-refractivity contribution in [1.82, 2.24) is 4.98 Å². The van der Waals surface area contributed by atoms with Gasteiger partial charge in [0.05, 0.1) is 6.20 Å². The topological polar surface area (TPSA) is 12.9 Å². The quantitative estimate of drug-likeness (QED) is 0.570. The van der Waals surface area contributed by atoms with Gasteiger partial charge in [-0.05, 0) is 0 Å². The number of halogens is 5. The van der Waals surface area contributed by atoms with E-state index in [4.69, 9.17) is 23.2 Å². The number of thiazole rings is 1. The van der Waals surface area contributed by atoms with Gasteiger partial charge >= 0.3 is 0 Å². The van der Waals surface area contributed by atoms with Crippen LogP contribution in [-0.4, -0.2) is 21.8 Å². The molecule has 0 aromatic carbocycles. The first-order valence-electron chi connectivity index (χ1n) is 4.22. The molecule has 0 bridgehead atoms. The highest BCUT2D eigenvalue weighted by Crippen LogP contribution is 2.40. The maximum absolute atomic E-state index is 13.3. The summed E-state index contributed by atoms with van der Waals surface area (Å²) in [4.78, 5) is 3.89. The third kappa shape index (κ3) is 3.98. The second-order valence-electron chi connectivity index (χ2n) is 3.12. The summed E-state index contributed by atoms with van der Waals surface area (Å²) in [5, 5.41) is -3.01. The van der Waals surface area contributed by atoms with Crippen molar-refractivity contribution in [2.24, 2.45) is 0 Å². The molecule has 0 aliphatic heterocycles. The van der Waals surface area contributed by atoms with Crippen molar-refractivity contribution in [3.8, 4) is 0 Å². The summed E-state index contributed by atoms with van der Waals surface area (Å²) in [5.74, 6) is -3.44. The summed E-state index contributed by atoms with van der Waals surface area (Å²) in [7, 11) is 0. The summed E-state index contributed by atoms with van der Waals surface area (Å²) in [6.45, 7) is 0.463. The summed E-state index contributed by atoms with van der Waals surface area (Å²) in [5.41, 5.74) is 0. The van der Waals surface area contributed by atoms with Crippen LogP contribution < -0.4 is 0 Å². The summed E-state index contributed by atoms with van der Waals surface area (Å²) in [6.07, 6.45) is 0.992. The number of thioether (sulfide) groups is 1. The molecular formula is C8H8Cl2F3NS2. The van der Waals surface area contributed by atoms with Crippen molar-refractivity contribution in [3.63, 3.8) is 0 Å². The van der Waals surface area contributed by atoms with Crippen LogP contribution in [0.2, 0.25) is 4.34 Å². The number of nitrogens with zero attached hydrogens (tertiary/aromatic N) is 1. The van der Waals surface area contributed by atoms with Crippen LogP contribution in [0.1, 0.15) is 13.3 Å². The molecule has 8 heteroatoms. The minimum Gasteiger partial charge on any atom is -0.237 e. The number of hydrogen-bond donors (Lipinski definition) is 0. The highest BCUT2D eigenvalue weighted by molar-refractivity contribution is 8.01. The first kappa shape index (κ1) is 14.4. The van der Waals surface area contributed by atoms with Gasteiger partial charge in [-0.15, -0.1) is 0 Å². The fraction of sp³-hybridized carbons (Fsp3) is 0.625. The van der Waals surface area contributed by atoms with Crippen molar-refractivity contribution in [2.45, 2.75) is 28.7 Å². The molecule has 0 N–H and O–H groups in total. The van der Waals surface area contributed by atoms with Gasteiger partial charge in [-0.3, -0.25) is 0 Å². The van der Waals surface area contributed by atoms with E-state index in [2.05, 4.69) is 4.98 Å². The standard InChI is InChI=1S/C8H8Cl2F3NS2/c1-7(11,12)8(10,13)2-3-15-6-14-4-5(9)16-6/h4H,2-3H2,1H3. The lowest BCUT2D eigenvalue weighted by Crippen LogP contribution is -2.36. The van der Waals surface area contributed by atoms with Crippen LogP contribution in [0.4, 0.5) is 13.2 Å². The second-order valence-corrected chi connectivity index (χ2v) is 6.72. The van der Waals surface area contributed by atoms with Crippen LogP contribution >= 0.6 is 46.3 Å². The zero-order chi connectivity index (χ0) is 12.4. The third-order valence-electron chi connectivity index (χ3n) is 1.74. The van der Waals surface area contributed by atoms with Crippen molar-refractivity contribution >= 4 is 46.3 Å². The van der Waals surface area contributed by atoms with Crippen LogP contribution in [0.3, 0.4) is 0 Å². The molecule has 1 aromatic heterocycles. The Hall–Kier alpha value is 0.350. The van der Waals surface area contributed by atoms with E-state index in [1.165, 1.54) is 17.5 Å². The summed E-state index contributed by atoms with van der Waals surface area (Å²) >= 11 is 13.1. The smallest absolute Gasteiger partial charge is 0.237 e. The van der Waals surface area contributed by atoms with Gasteiger partial charge in [-0.1, -0.05) is 46.3 Å². The van der Waals surface area contributed by atoms with E-state index in [9.17, 15) is 13.2 Å². The molecule has 1 nitrogen and oxygen atoms in total. The van der Waals surface area contributed by atoms with Gasteiger partial charge in [0.1, 0.15) is 4.34 Å². The maximum atomic E-state index is 13.3. The molecule has 1 heterocycles. The Labute approximate surface area is 109 Å². The molecule has 0 saturated heterocycles. The second kappa shape index (κ2) is 5.33.